The van der Waals surface area contributed by atoms with Crippen LogP contribution in [-0.2, 0) is 13.6 Å². The van der Waals surface area contributed by atoms with Crippen LogP contribution in [0, 0.1) is 11.3 Å². The molecule has 0 amide bonds. The Labute approximate surface area is 139 Å². The number of nitrogens with zero attached hydrogens (tertiary/aromatic N) is 2. The van der Waals surface area contributed by atoms with Crippen LogP contribution >= 0.6 is 11.6 Å². The average Bonchev–Trinajstić information content (AvgIpc) is 2.85. The van der Waals surface area contributed by atoms with Gasteiger partial charge in [0.15, 0.2) is 0 Å². The first-order chi connectivity index (χ1) is 11.2. The summed E-state index contributed by atoms with van der Waals surface area (Å²) in [5.41, 5.74) is 3.46. The van der Waals surface area contributed by atoms with Crippen molar-refractivity contribution in [2.75, 3.05) is 12.4 Å². The van der Waals surface area contributed by atoms with Gasteiger partial charge >= 0.3 is 0 Å². The Bertz CT molecular complexity index is 909. The first-order valence-electron chi connectivity index (χ1n) is 7.19. The van der Waals surface area contributed by atoms with Crippen molar-refractivity contribution in [2.24, 2.45) is 7.05 Å². The number of aryl methyl sites for hydroxylation is 1. The van der Waals surface area contributed by atoms with Crippen molar-refractivity contribution in [3.05, 3.63) is 58.7 Å². The van der Waals surface area contributed by atoms with E-state index in [1.165, 1.54) is 0 Å². The van der Waals surface area contributed by atoms with Crippen LogP contribution in [0.2, 0.25) is 5.02 Å². The summed E-state index contributed by atoms with van der Waals surface area (Å²) in [5.74, 6) is 0.715. The molecule has 0 unspecified atom stereocenters. The Balaban J connectivity index is 1.99. The standard InChI is InChI=1S/C18H16ClN3O/c1-22-16-6-4-3-5-13(16)14(10-20)17(22)11-21-15-9-12(19)7-8-18(15)23-2/h3-9,21H,11H2,1-2H3. The summed E-state index contributed by atoms with van der Waals surface area (Å²) in [4.78, 5) is 0. The number of methoxy groups -OCH3 is 1. The summed E-state index contributed by atoms with van der Waals surface area (Å²) < 4.78 is 7.38. The fraction of sp³-hybridized carbons (Fsp3) is 0.167. The maximum Gasteiger partial charge on any atom is 0.142 e. The largest absolute Gasteiger partial charge is 0.495 e. The molecule has 5 heteroatoms. The average molecular weight is 326 g/mol. The first-order valence-corrected chi connectivity index (χ1v) is 7.57. The first kappa shape index (κ1) is 15.3. The van der Waals surface area contributed by atoms with E-state index in [0.717, 1.165) is 22.3 Å². The van der Waals surface area contributed by atoms with Crippen LogP contribution in [0.5, 0.6) is 5.75 Å². The predicted molar refractivity (Wildman–Crippen MR) is 93.0 cm³/mol. The molecule has 0 spiro atoms. The fourth-order valence-electron chi connectivity index (χ4n) is 2.78. The van der Waals surface area contributed by atoms with E-state index < -0.39 is 0 Å². The Morgan fingerprint density at radius 1 is 1.26 bits per heavy atom. The second-order valence-corrected chi connectivity index (χ2v) is 5.64. The maximum absolute atomic E-state index is 9.53. The second-order valence-electron chi connectivity index (χ2n) is 5.21. The van der Waals surface area contributed by atoms with Gasteiger partial charge in [0.1, 0.15) is 11.8 Å². The van der Waals surface area contributed by atoms with Crippen LogP contribution in [-0.4, -0.2) is 11.7 Å². The van der Waals surface area contributed by atoms with Crippen molar-refractivity contribution in [3.8, 4) is 11.8 Å². The molecule has 0 aliphatic rings. The summed E-state index contributed by atoms with van der Waals surface area (Å²) >= 11 is 6.06. The molecule has 0 aliphatic carbocycles. The number of para-hydroxylation sites is 1. The van der Waals surface area contributed by atoms with Crippen molar-refractivity contribution < 1.29 is 4.74 Å². The van der Waals surface area contributed by atoms with Crippen molar-refractivity contribution in [1.82, 2.24) is 4.57 Å². The molecule has 0 saturated carbocycles. The minimum Gasteiger partial charge on any atom is -0.495 e. The van der Waals surface area contributed by atoms with Crippen LogP contribution in [0.4, 0.5) is 5.69 Å². The molecule has 4 nitrogen and oxygen atoms in total. The molecule has 1 aromatic heterocycles. The molecule has 0 atom stereocenters. The topological polar surface area (TPSA) is 50.0 Å². The Morgan fingerprint density at radius 3 is 2.78 bits per heavy atom. The van der Waals surface area contributed by atoms with Gasteiger partial charge in [-0.15, -0.1) is 0 Å². The molecular weight excluding hydrogens is 310 g/mol. The minimum absolute atomic E-state index is 0.505. The predicted octanol–water partition coefficient (Wildman–Crippen LogP) is 4.32. The molecule has 0 fully saturated rings. The number of rotatable bonds is 4. The van der Waals surface area contributed by atoms with Crippen molar-refractivity contribution in [1.29, 1.82) is 5.26 Å². The van der Waals surface area contributed by atoms with E-state index in [-0.39, 0.29) is 0 Å². The Kier molecular flexibility index (Phi) is 4.14. The highest BCUT2D eigenvalue weighted by molar-refractivity contribution is 6.30. The van der Waals surface area contributed by atoms with E-state index in [1.807, 2.05) is 48.0 Å². The molecule has 3 aromatic rings. The zero-order valence-corrected chi connectivity index (χ0v) is 13.7. The molecule has 23 heavy (non-hydrogen) atoms. The summed E-state index contributed by atoms with van der Waals surface area (Å²) in [6.07, 6.45) is 0. The molecule has 0 aliphatic heterocycles. The molecular formula is C18H16ClN3O. The van der Waals surface area contributed by atoms with Gasteiger partial charge in [0.05, 0.1) is 30.6 Å². The van der Waals surface area contributed by atoms with Crippen molar-refractivity contribution in [2.45, 2.75) is 6.54 Å². The lowest BCUT2D eigenvalue weighted by Crippen LogP contribution is -2.07. The maximum atomic E-state index is 9.53. The number of anilines is 1. The normalized spacial score (nSPS) is 10.5. The van der Waals surface area contributed by atoms with Gasteiger partial charge in [-0.1, -0.05) is 29.8 Å². The smallest absolute Gasteiger partial charge is 0.142 e. The monoisotopic (exact) mass is 325 g/mol. The highest BCUT2D eigenvalue weighted by atomic mass is 35.5. The molecule has 0 radical (unpaired) electrons. The number of ether oxygens (including phenoxy) is 1. The molecule has 1 heterocycles. The Hall–Kier alpha value is -2.64. The summed E-state index contributed by atoms with van der Waals surface area (Å²) in [6.45, 7) is 0.505. The number of aromatic nitrogens is 1. The van der Waals surface area contributed by atoms with Crippen molar-refractivity contribution >= 4 is 28.2 Å². The number of hydrogen-bond acceptors (Lipinski definition) is 3. The van der Waals surface area contributed by atoms with E-state index in [2.05, 4.69) is 11.4 Å². The zero-order valence-electron chi connectivity index (χ0n) is 12.9. The van der Waals surface area contributed by atoms with Crippen LogP contribution in [0.15, 0.2) is 42.5 Å². The zero-order chi connectivity index (χ0) is 16.4. The van der Waals surface area contributed by atoms with Gasteiger partial charge in [0.2, 0.25) is 0 Å². The van der Waals surface area contributed by atoms with Gasteiger partial charge in [0, 0.05) is 23.0 Å². The summed E-state index contributed by atoms with van der Waals surface area (Å²) in [6, 6.07) is 15.6. The number of hydrogen-bond donors (Lipinski definition) is 1. The highest BCUT2D eigenvalue weighted by Gasteiger charge is 2.15. The van der Waals surface area contributed by atoms with Gasteiger partial charge < -0.3 is 14.6 Å². The lowest BCUT2D eigenvalue weighted by Gasteiger charge is -2.12. The van der Waals surface area contributed by atoms with Gasteiger partial charge in [-0.05, 0) is 24.3 Å². The summed E-state index contributed by atoms with van der Waals surface area (Å²) in [7, 11) is 3.58. The minimum atomic E-state index is 0.505. The van der Waals surface area contributed by atoms with Crippen LogP contribution < -0.4 is 10.1 Å². The van der Waals surface area contributed by atoms with Gasteiger partial charge in [-0.25, -0.2) is 0 Å². The summed E-state index contributed by atoms with van der Waals surface area (Å²) in [5, 5.41) is 14.4. The van der Waals surface area contributed by atoms with Gasteiger partial charge in [0.25, 0.3) is 0 Å². The van der Waals surface area contributed by atoms with E-state index in [1.54, 1.807) is 13.2 Å². The third-order valence-corrected chi connectivity index (χ3v) is 4.18. The molecule has 0 saturated heterocycles. The fourth-order valence-corrected chi connectivity index (χ4v) is 2.95. The lowest BCUT2D eigenvalue weighted by atomic mass is 10.1. The number of nitriles is 1. The van der Waals surface area contributed by atoms with Crippen LogP contribution in [0.25, 0.3) is 10.9 Å². The van der Waals surface area contributed by atoms with E-state index in [9.17, 15) is 5.26 Å². The van der Waals surface area contributed by atoms with E-state index in [0.29, 0.717) is 22.9 Å². The quantitative estimate of drug-likeness (QED) is 0.777. The lowest BCUT2D eigenvalue weighted by molar-refractivity contribution is 0.416. The number of halogens is 1. The number of fused-ring (bicyclic) bond motifs is 1. The molecule has 3 rings (SSSR count). The second kappa shape index (κ2) is 6.23. The SMILES string of the molecule is COc1ccc(Cl)cc1NCc1c(C#N)c2ccccc2n1C. The van der Waals surface area contributed by atoms with Crippen LogP contribution in [0.1, 0.15) is 11.3 Å². The van der Waals surface area contributed by atoms with Gasteiger partial charge in [-0.2, -0.15) is 5.26 Å². The number of benzene rings is 2. The molecule has 116 valence electrons. The van der Waals surface area contributed by atoms with Gasteiger partial charge in [-0.3, -0.25) is 0 Å². The highest BCUT2D eigenvalue weighted by Crippen LogP contribution is 2.30. The number of nitrogens with one attached hydrogen (secondary N) is 1. The third-order valence-electron chi connectivity index (χ3n) is 3.95. The third kappa shape index (κ3) is 2.71. The van der Waals surface area contributed by atoms with Crippen molar-refractivity contribution in [3.63, 3.8) is 0 Å². The van der Waals surface area contributed by atoms with Crippen LogP contribution in [0.3, 0.4) is 0 Å². The molecule has 0 bridgehead atoms. The van der Waals surface area contributed by atoms with E-state index in [4.69, 9.17) is 16.3 Å². The molecule has 2 aromatic carbocycles. The molecule has 1 N–H and O–H groups in total. The Morgan fingerprint density at radius 2 is 2.04 bits per heavy atom. The van der Waals surface area contributed by atoms with E-state index >= 15 is 0 Å².